The van der Waals surface area contributed by atoms with E-state index in [0.29, 0.717) is 37.4 Å². The Labute approximate surface area is 392 Å². The Balaban J connectivity index is 1.00. The second kappa shape index (κ2) is 19.0. The first-order valence-corrected chi connectivity index (χ1v) is 25.3. The first-order valence-electron chi connectivity index (χ1n) is 23.1. The van der Waals surface area contributed by atoms with Crippen LogP contribution in [0.15, 0.2) is 133 Å². The molecule has 5 heterocycles. The molecule has 344 valence electrons. The summed E-state index contributed by atoms with van der Waals surface area (Å²) in [7, 11) is -4.28. The summed E-state index contributed by atoms with van der Waals surface area (Å²) in [5, 5.41) is 16.6. The summed E-state index contributed by atoms with van der Waals surface area (Å²) in [6.07, 6.45) is 0.00444. The Morgan fingerprint density at radius 3 is 1.79 bits per heavy atom. The van der Waals surface area contributed by atoms with E-state index < -0.39 is 44.5 Å². The maximum atomic E-state index is 15.9. The number of hydrogen-bond donors (Lipinski definition) is 1. The van der Waals surface area contributed by atoms with E-state index in [2.05, 4.69) is 30.3 Å². The molecule has 1 aromatic heterocycles. The first-order chi connectivity index (χ1) is 32.4. The van der Waals surface area contributed by atoms with Crippen LogP contribution in [-0.2, 0) is 60.4 Å². The van der Waals surface area contributed by atoms with Gasteiger partial charge in [0.05, 0.1) is 37.2 Å². The fourth-order valence-corrected chi connectivity index (χ4v) is 10.3. The monoisotopic (exact) mass is 921 g/mol. The van der Waals surface area contributed by atoms with E-state index in [1.54, 1.807) is 18.1 Å². The number of nitrogens with zero attached hydrogens (tertiary/aromatic N) is 5. The number of aromatic nitrogens is 2. The topological polar surface area (TPSA) is 144 Å². The van der Waals surface area contributed by atoms with Crippen molar-refractivity contribution in [3.05, 3.63) is 161 Å². The van der Waals surface area contributed by atoms with Gasteiger partial charge in [-0.05, 0) is 85.6 Å². The molecule has 10 rings (SSSR count). The standard InChI is InChI=1S/C49H55B3N5O9P/c1-49(2)65-45-43(27-35-14-8-5-9-15-35)54(29-37-20-23-40(24-21-37)61-34-67(4,60)64-31-38-18-12-7-13-19-38)48(58)55(44(46(45)66-49)28-36-16-10-6-11-17-36)30-39-22-25-42-41(26-39)47(53-57(42)50(3)59)56(51-32-62-51)52-33-63-52/h5-26,43-46,59H,27-34H2,1-4H3/t43-,44-,45+,46+,67?/m1/s1. The van der Waals surface area contributed by atoms with Crippen molar-refractivity contribution in [2.45, 2.75) is 83.3 Å². The lowest BCUT2D eigenvalue weighted by molar-refractivity contribution is -0.157. The third kappa shape index (κ3) is 10.4. The van der Waals surface area contributed by atoms with Gasteiger partial charge in [-0.15, -0.1) is 0 Å². The van der Waals surface area contributed by atoms with E-state index in [1.807, 2.05) is 131 Å². The van der Waals surface area contributed by atoms with Gasteiger partial charge in [-0.3, -0.25) is 9.16 Å². The fourth-order valence-electron chi connectivity index (χ4n) is 9.46. The van der Waals surface area contributed by atoms with Crippen LogP contribution in [0.2, 0.25) is 6.82 Å². The van der Waals surface area contributed by atoms with Gasteiger partial charge in [-0.2, -0.15) is 5.10 Å². The van der Waals surface area contributed by atoms with Crippen LogP contribution < -0.4 is 9.46 Å². The molecule has 0 bridgehead atoms. The predicted octanol–water partition coefficient (Wildman–Crippen LogP) is 7.56. The summed E-state index contributed by atoms with van der Waals surface area (Å²) in [4.78, 5) is 19.8. The number of rotatable bonds is 18. The molecule has 1 unspecified atom stereocenters. The minimum atomic E-state index is -3.07. The average Bonchev–Trinajstić information content (AvgIpc) is 4.28. The number of urea groups is 1. The smallest absolute Gasteiger partial charge is 0.431 e. The van der Waals surface area contributed by atoms with Crippen molar-refractivity contribution in [2.24, 2.45) is 0 Å². The van der Waals surface area contributed by atoms with Crippen molar-refractivity contribution in [3.63, 3.8) is 0 Å². The zero-order valence-corrected chi connectivity index (χ0v) is 39.2. The molecule has 18 heteroatoms. The van der Waals surface area contributed by atoms with E-state index in [1.165, 1.54) is 0 Å². The normalized spacial score (nSPS) is 21.8. The number of carbonyl (C=O) groups excluding carboxylic acids is 1. The molecule has 4 aliphatic heterocycles. The maximum absolute atomic E-state index is 15.9. The third-order valence-electron chi connectivity index (χ3n) is 12.8. The number of hydrogen-bond acceptors (Lipinski definition) is 11. The van der Waals surface area contributed by atoms with Crippen LogP contribution in [0.1, 0.15) is 41.7 Å². The number of amides is 2. The SMILES string of the molecule is CB(O)n1nc(N(B2CO2)B2CO2)c2cc(CN3C(=O)N(Cc4ccc(OCP(C)(=O)OCc5ccccc5)cc4)[C@H](Cc4ccccc4)[C@@H]4OC(C)(C)O[C@H]4[C@H]3Cc3ccccc3)ccc21. The number of ether oxygens (including phenoxy) is 3. The highest BCUT2D eigenvalue weighted by atomic mass is 31.2. The van der Waals surface area contributed by atoms with Gasteiger partial charge in [0.1, 0.15) is 23.8 Å². The van der Waals surface area contributed by atoms with Crippen LogP contribution in [0, 0.1) is 0 Å². The molecule has 0 aliphatic carbocycles. The Morgan fingerprint density at radius 2 is 1.27 bits per heavy atom. The van der Waals surface area contributed by atoms with Crippen molar-refractivity contribution >= 4 is 51.3 Å². The molecule has 4 fully saturated rings. The maximum Gasteiger partial charge on any atom is 0.431 e. The summed E-state index contributed by atoms with van der Waals surface area (Å²) < 4.78 is 54.2. The molecule has 0 saturated carbocycles. The molecule has 4 saturated heterocycles. The molecule has 14 nitrogen and oxygen atoms in total. The molecular formula is C49H55B3N5O9P. The van der Waals surface area contributed by atoms with Crippen molar-refractivity contribution in [2.75, 3.05) is 30.7 Å². The molecule has 6 aromatic rings. The lowest BCUT2D eigenvalue weighted by Gasteiger charge is -2.37. The molecule has 0 radical (unpaired) electrons. The van der Waals surface area contributed by atoms with Crippen molar-refractivity contribution in [1.29, 1.82) is 0 Å². The zero-order valence-electron chi connectivity index (χ0n) is 38.3. The van der Waals surface area contributed by atoms with E-state index in [0.717, 1.165) is 38.7 Å². The summed E-state index contributed by atoms with van der Waals surface area (Å²) in [6, 6.07) is 42.7. The van der Waals surface area contributed by atoms with Gasteiger partial charge in [-0.25, -0.2) is 4.79 Å². The van der Waals surface area contributed by atoms with Gasteiger partial charge in [-0.1, -0.05) is 109 Å². The molecule has 5 atom stereocenters. The van der Waals surface area contributed by atoms with E-state index in [-0.39, 0.29) is 46.2 Å². The Bertz CT molecular complexity index is 2700. The molecular weight excluding hydrogens is 866 g/mol. The van der Waals surface area contributed by atoms with Crippen molar-refractivity contribution in [3.8, 4) is 5.75 Å². The quantitative estimate of drug-likeness (QED) is 0.0519. The second-order valence-corrected chi connectivity index (χ2v) is 21.1. The first kappa shape index (κ1) is 45.4. The Morgan fingerprint density at radius 1 is 0.761 bits per heavy atom. The van der Waals surface area contributed by atoms with Crippen molar-refractivity contribution < 1.29 is 42.4 Å². The van der Waals surface area contributed by atoms with Gasteiger partial charge in [0, 0.05) is 25.1 Å². The predicted molar refractivity (Wildman–Crippen MR) is 260 cm³/mol. The highest BCUT2D eigenvalue weighted by Gasteiger charge is 2.56. The number of carbonyl (C=O) groups is 1. The number of fused-ring (bicyclic) bond motifs is 2. The highest BCUT2D eigenvalue weighted by molar-refractivity contribution is 7.57. The fraction of sp³-hybridized carbons (Fsp3) is 0.347. The summed E-state index contributed by atoms with van der Waals surface area (Å²) in [5.41, 5.74) is 5.62. The zero-order chi connectivity index (χ0) is 46.3. The van der Waals surface area contributed by atoms with E-state index in [4.69, 9.17) is 33.1 Å². The van der Waals surface area contributed by atoms with Crippen LogP contribution in [0.3, 0.4) is 0 Å². The van der Waals surface area contributed by atoms with Crippen LogP contribution >= 0.6 is 7.37 Å². The average molecular weight is 921 g/mol. The van der Waals surface area contributed by atoms with Crippen LogP contribution in [0.4, 0.5) is 10.6 Å². The third-order valence-corrected chi connectivity index (χ3v) is 14.1. The molecule has 5 aromatic carbocycles. The van der Waals surface area contributed by atoms with E-state index >= 15 is 4.79 Å². The van der Waals surface area contributed by atoms with Gasteiger partial charge in [0.15, 0.2) is 12.1 Å². The molecule has 0 spiro atoms. The molecule has 2 amide bonds. The largest absolute Gasteiger partial charge is 0.484 e. The minimum absolute atomic E-state index is 0.0786. The molecule has 1 N–H and O–H groups in total. The van der Waals surface area contributed by atoms with Gasteiger partial charge in [0.2, 0.25) is 7.37 Å². The lowest BCUT2D eigenvalue weighted by Crippen LogP contribution is -2.51. The summed E-state index contributed by atoms with van der Waals surface area (Å²) >= 11 is 0. The second-order valence-electron chi connectivity index (χ2n) is 18.5. The van der Waals surface area contributed by atoms with Crippen molar-refractivity contribution in [1.82, 2.24) is 19.5 Å². The lowest BCUT2D eigenvalue weighted by atomic mass is 9.76. The summed E-state index contributed by atoms with van der Waals surface area (Å²) in [6.45, 7) is 9.06. The van der Waals surface area contributed by atoms with Crippen LogP contribution in [-0.4, -0.2) is 108 Å². The number of benzene rings is 5. The number of anilines is 1. The van der Waals surface area contributed by atoms with Crippen LogP contribution in [0.5, 0.6) is 5.75 Å². The van der Waals surface area contributed by atoms with E-state index in [9.17, 15) is 9.59 Å². The Kier molecular flexibility index (Phi) is 12.8. The van der Waals surface area contributed by atoms with Gasteiger partial charge in [0.25, 0.3) is 0 Å². The van der Waals surface area contributed by atoms with Crippen LogP contribution in [0.25, 0.3) is 10.9 Å². The molecule has 67 heavy (non-hydrogen) atoms. The van der Waals surface area contributed by atoms with Gasteiger partial charge >= 0.3 is 27.2 Å². The molecule has 4 aliphatic rings. The summed E-state index contributed by atoms with van der Waals surface area (Å²) in [5.74, 6) is 0.283. The van der Waals surface area contributed by atoms with Gasteiger partial charge < -0.3 is 47.6 Å². The minimum Gasteiger partial charge on any atom is -0.484 e. The highest BCUT2D eigenvalue weighted by Crippen LogP contribution is 2.44. The Hall–Kier alpha value is -5.38.